The number of hydrogen-bond donors (Lipinski definition) is 0. The number of fused-ring (bicyclic) bond motifs is 5. The average Bonchev–Trinajstić information content (AvgIpc) is 3.57. The van der Waals surface area contributed by atoms with Crippen molar-refractivity contribution in [2.45, 2.75) is 0 Å². The summed E-state index contributed by atoms with van der Waals surface area (Å²) in [5.74, 6) is 0. The van der Waals surface area contributed by atoms with E-state index in [1.807, 2.05) is 11.3 Å². The molecular weight excluding hydrogens is 433 g/mol. The zero-order chi connectivity index (χ0) is 20.4. The zero-order valence-electron chi connectivity index (χ0n) is 16.5. The summed E-state index contributed by atoms with van der Waals surface area (Å²) in [5.41, 5.74) is 2.60. The van der Waals surface area contributed by atoms with E-state index in [2.05, 4.69) is 95.7 Å². The Morgan fingerprint density at radius 1 is 0.452 bits per heavy atom. The quantitative estimate of drug-likeness (QED) is 0.247. The van der Waals surface area contributed by atoms with Gasteiger partial charge in [0.2, 0.25) is 0 Å². The lowest BCUT2D eigenvalue weighted by Crippen LogP contribution is -1.78. The molecule has 0 nitrogen and oxygen atoms in total. The molecule has 0 spiro atoms. The average molecular weight is 449 g/mol. The highest BCUT2D eigenvalue weighted by Crippen LogP contribution is 2.40. The standard InChI is InChI=1S/C28H16S3/c1-3-25(29-9-1)19-7-5-17-15-27-23(13-21(17)11-19)24-14-22-12-20(26-4-2-10-30-26)8-6-18(22)16-28(24)31-27/h1-16H. The lowest BCUT2D eigenvalue weighted by molar-refractivity contribution is 1.77. The molecule has 0 amide bonds. The van der Waals surface area contributed by atoms with Crippen molar-refractivity contribution < 1.29 is 0 Å². The second kappa shape index (κ2) is 6.76. The Morgan fingerprint density at radius 2 is 0.968 bits per heavy atom. The van der Waals surface area contributed by atoms with Crippen LogP contribution in [0.25, 0.3) is 62.6 Å². The molecule has 0 N–H and O–H groups in total. The molecule has 0 saturated carbocycles. The minimum absolute atomic E-state index is 1.30. The van der Waals surface area contributed by atoms with Crippen molar-refractivity contribution in [1.29, 1.82) is 0 Å². The van der Waals surface area contributed by atoms with E-state index in [0.29, 0.717) is 0 Å². The summed E-state index contributed by atoms with van der Waals surface area (Å²) < 4.78 is 2.72. The van der Waals surface area contributed by atoms with Gasteiger partial charge in [0.1, 0.15) is 0 Å². The van der Waals surface area contributed by atoms with Gasteiger partial charge in [0.25, 0.3) is 0 Å². The van der Waals surface area contributed by atoms with Gasteiger partial charge in [-0.05, 0) is 92.0 Å². The number of rotatable bonds is 2. The Labute approximate surface area is 191 Å². The highest BCUT2D eigenvalue weighted by molar-refractivity contribution is 7.26. The van der Waals surface area contributed by atoms with Crippen molar-refractivity contribution >= 4 is 75.7 Å². The van der Waals surface area contributed by atoms with Crippen LogP contribution in [0.2, 0.25) is 0 Å². The third kappa shape index (κ3) is 2.85. The summed E-state index contributed by atoms with van der Waals surface area (Å²) in [5, 5.41) is 12.2. The zero-order valence-corrected chi connectivity index (χ0v) is 18.9. The highest BCUT2D eigenvalue weighted by Gasteiger charge is 2.10. The van der Waals surface area contributed by atoms with Gasteiger partial charge in [-0.3, -0.25) is 0 Å². The molecule has 0 unspecified atom stereocenters. The van der Waals surface area contributed by atoms with Gasteiger partial charge in [0.15, 0.2) is 0 Å². The molecule has 0 fully saturated rings. The normalized spacial score (nSPS) is 11.9. The summed E-state index contributed by atoms with van der Waals surface area (Å²) in [6, 6.07) is 31.8. The van der Waals surface area contributed by atoms with Crippen molar-refractivity contribution in [1.82, 2.24) is 0 Å². The van der Waals surface area contributed by atoms with Crippen LogP contribution in [0.15, 0.2) is 95.7 Å². The van der Waals surface area contributed by atoms with Crippen LogP contribution in [0.1, 0.15) is 0 Å². The third-order valence-corrected chi connectivity index (χ3v) is 8.95. The van der Waals surface area contributed by atoms with E-state index < -0.39 is 0 Å². The van der Waals surface area contributed by atoms with E-state index >= 15 is 0 Å². The summed E-state index contributed by atoms with van der Waals surface area (Å²) in [6.45, 7) is 0. The maximum Gasteiger partial charge on any atom is 0.0361 e. The van der Waals surface area contributed by atoms with Crippen LogP contribution >= 0.6 is 34.0 Å². The smallest absolute Gasteiger partial charge is 0.0361 e. The van der Waals surface area contributed by atoms with Crippen LogP contribution < -0.4 is 0 Å². The van der Waals surface area contributed by atoms with Crippen LogP contribution in [0.5, 0.6) is 0 Å². The molecule has 3 aromatic heterocycles. The molecule has 0 aliphatic heterocycles. The van der Waals surface area contributed by atoms with Gasteiger partial charge >= 0.3 is 0 Å². The second-order valence-electron chi connectivity index (χ2n) is 7.88. The van der Waals surface area contributed by atoms with Gasteiger partial charge in [0.05, 0.1) is 0 Å². The fraction of sp³-hybridized carbons (Fsp3) is 0. The molecule has 0 aliphatic carbocycles. The Balaban J connectivity index is 1.47. The van der Waals surface area contributed by atoms with Gasteiger partial charge in [-0.25, -0.2) is 0 Å². The third-order valence-electron chi connectivity index (χ3n) is 6.00. The molecule has 0 saturated heterocycles. The first-order chi connectivity index (χ1) is 15.3. The Bertz CT molecular complexity index is 1590. The van der Waals surface area contributed by atoms with Crippen molar-refractivity contribution in [3.05, 3.63) is 95.7 Å². The summed E-state index contributed by atoms with van der Waals surface area (Å²) in [6.07, 6.45) is 0. The first kappa shape index (κ1) is 17.7. The molecule has 3 heterocycles. The van der Waals surface area contributed by atoms with Crippen molar-refractivity contribution in [2.24, 2.45) is 0 Å². The SMILES string of the molecule is c1csc(-c2ccc3cc4sc5cc6ccc(-c7cccs7)cc6cc5c4cc3c2)c1. The van der Waals surface area contributed by atoms with E-state index in [1.165, 1.54) is 62.6 Å². The lowest BCUT2D eigenvalue weighted by Gasteiger charge is -2.04. The summed E-state index contributed by atoms with van der Waals surface area (Å²) in [4.78, 5) is 2.65. The second-order valence-corrected chi connectivity index (χ2v) is 10.9. The van der Waals surface area contributed by atoms with E-state index in [4.69, 9.17) is 0 Å². The molecule has 0 aliphatic rings. The molecule has 0 bridgehead atoms. The van der Waals surface area contributed by atoms with Crippen LogP contribution in [0.4, 0.5) is 0 Å². The monoisotopic (exact) mass is 448 g/mol. The first-order valence-electron chi connectivity index (χ1n) is 10.2. The van der Waals surface area contributed by atoms with Crippen LogP contribution in [0, 0.1) is 0 Å². The number of benzene rings is 4. The fourth-order valence-electron chi connectivity index (χ4n) is 4.45. The Kier molecular flexibility index (Phi) is 3.85. The lowest BCUT2D eigenvalue weighted by atomic mass is 10.0. The van der Waals surface area contributed by atoms with Crippen molar-refractivity contribution in [2.75, 3.05) is 0 Å². The largest absolute Gasteiger partial charge is 0.144 e. The molecule has 3 heteroatoms. The molecule has 7 rings (SSSR count). The van der Waals surface area contributed by atoms with Crippen molar-refractivity contribution in [3.63, 3.8) is 0 Å². The van der Waals surface area contributed by atoms with E-state index in [-0.39, 0.29) is 0 Å². The molecular formula is C28H16S3. The van der Waals surface area contributed by atoms with Gasteiger partial charge in [-0.2, -0.15) is 0 Å². The molecule has 7 aromatic rings. The minimum Gasteiger partial charge on any atom is -0.144 e. The molecule has 4 aromatic carbocycles. The van der Waals surface area contributed by atoms with Crippen LogP contribution in [0.3, 0.4) is 0 Å². The van der Waals surface area contributed by atoms with Gasteiger partial charge in [-0.15, -0.1) is 34.0 Å². The molecule has 0 atom stereocenters. The molecule has 146 valence electrons. The maximum absolute atomic E-state index is 2.38. The van der Waals surface area contributed by atoms with Crippen LogP contribution in [-0.2, 0) is 0 Å². The Hall–Kier alpha value is -2.98. The topological polar surface area (TPSA) is 0 Å². The molecule has 0 radical (unpaired) electrons. The molecule has 31 heavy (non-hydrogen) atoms. The van der Waals surface area contributed by atoms with Gasteiger partial charge in [0, 0.05) is 29.9 Å². The Morgan fingerprint density at radius 3 is 1.42 bits per heavy atom. The number of thiophene rings is 3. The van der Waals surface area contributed by atoms with E-state index in [1.54, 1.807) is 22.7 Å². The predicted octanol–water partition coefficient (Wildman–Crippen LogP) is 9.82. The van der Waals surface area contributed by atoms with E-state index in [0.717, 1.165) is 0 Å². The first-order valence-corrected chi connectivity index (χ1v) is 12.8. The van der Waals surface area contributed by atoms with Gasteiger partial charge in [-0.1, -0.05) is 36.4 Å². The predicted molar refractivity (Wildman–Crippen MR) is 141 cm³/mol. The highest BCUT2D eigenvalue weighted by atomic mass is 32.1. The summed E-state index contributed by atoms with van der Waals surface area (Å²) in [7, 11) is 0. The van der Waals surface area contributed by atoms with Gasteiger partial charge < -0.3 is 0 Å². The number of hydrogen-bond acceptors (Lipinski definition) is 3. The summed E-state index contributed by atoms with van der Waals surface area (Å²) >= 11 is 5.49. The minimum atomic E-state index is 1.30. The van der Waals surface area contributed by atoms with E-state index in [9.17, 15) is 0 Å². The van der Waals surface area contributed by atoms with Crippen molar-refractivity contribution in [3.8, 4) is 20.9 Å². The maximum atomic E-state index is 2.38. The van der Waals surface area contributed by atoms with Crippen LogP contribution in [-0.4, -0.2) is 0 Å². The fourth-order valence-corrected chi connectivity index (χ4v) is 7.07.